The van der Waals surface area contributed by atoms with E-state index in [2.05, 4.69) is 33.6 Å². The highest BCUT2D eigenvalue weighted by Crippen LogP contribution is 2.27. The largest absolute Gasteiger partial charge is 0.357 e. The first-order valence-corrected chi connectivity index (χ1v) is 10.7. The quantitative estimate of drug-likeness (QED) is 0.426. The molecule has 0 bridgehead atoms. The Balaban J connectivity index is 1.45. The number of anilines is 1. The number of rotatable bonds is 7. The van der Waals surface area contributed by atoms with Crippen molar-refractivity contribution in [2.75, 3.05) is 24.5 Å². The molecule has 2 N–H and O–H groups in total. The van der Waals surface area contributed by atoms with E-state index in [0.717, 1.165) is 48.3 Å². The lowest BCUT2D eigenvalue weighted by atomic mass is 10.2. The lowest BCUT2D eigenvalue weighted by molar-refractivity contribution is -0.118. The predicted molar refractivity (Wildman–Crippen MR) is 116 cm³/mol. The van der Waals surface area contributed by atoms with Gasteiger partial charge in [0, 0.05) is 36.6 Å². The average molecular weight is 400 g/mol. The third-order valence-corrected chi connectivity index (χ3v) is 5.90. The molecular formula is C21H29N5OS. The molecule has 0 radical (unpaired) electrons. The van der Waals surface area contributed by atoms with Crippen LogP contribution in [-0.2, 0) is 17.8 Å². The maximum atomic E-state index is 12.6. The van der Waals surface area contributed by atoms with Crippen LogP contribution in [0.4, 0.5) is 5.69 Å². The van der Waals surface area contributed by atoms with Crippen LogP contribution in [0.1, 0.15) is 40.9 Å². The van der Waals surface area contributed by atoms with Crippen LogP contribution in [0, 0.1) is 13.8 Å². The molecule has 2 heterocycles. The topological polar surface area (TPSA) is 69.6 Å². The van der Waals surface area contributed by atoms with Gasteiger partial charge in [-0.05, 0) is 45.2 Å². The molecule has 28 heavy (non-hydrogen) atoms. The number of benzene rings is 1. The molecule has 1 aromatic carbocycles. The molecule has 0 fully saturated rings. The summed E-state index contributed by atoms with van der Waals surface area (Å²) in [5.74, 6) is 0.967. The van der Waals surface area contributed by atoms with Gasteiger partial charge in [0.15, 0.2) is 5.96 Å². The molecule has 0 unspecified atom stereocenters. The third-order valence-electron chi connectivity index (χ3n) is 4.84. The zero-order valence-electron chi connectivity index (χ0n) is 16.9. The Morgan fingerprint density at radius 3 is 2.86 bits per heavy atom. The van der Waals surface area contributed by atoms with Gasteiger partial charge in [-0.3, -0.25) is 4.79 Å². The number of carbonyl (C=O) groups is 1. The van der Waals surface area contributed by atoms with Crippen molar-refractivity contribution in [2.24, 2.45) is 4.99 Å². The number of amides is 1. The summed E-state index contributed by atoms with van der Waals surface area (Å²) in [6.45, 7) is 9.02. The molecule has 1 aliphatic heterocycles. The van der Waals surface area contributed by atoms with Gasteiger partial charge >= 0.3 is 0 Å². The molecule has 0 saturated carbocycles. The van der Waals surface area contributed by atoms with Gasteiger partial charge < -0.3 is 15.5 Å². The van der Waals surface area contributed by atoms with E-state index in [1.807, 2.05) is 36.9 Å². The third kappa shape index (κ3) is 5.10. The van der Waals surface area contributed by atoms with Gasteiger partial charge in [0.2, 0.25) is 5.91 Å². The molecule has 6 nitrogen and oxygen atoms in total. The molecule has 0 spiro atoms. The number of nitrogens with zero attached hydrogens (tertiary/aromatic N) is 3. The zero-order chi connectivity index (χ0) is 19.9. The maximum Gasteiger partial charge on any atom is 0.227 e. The first-order chi connectivity index (χ1) is 13.6. The number of aliphatic imine (C=N–C) groups is 1. The van der Waals surface area contributed by atoms with Gasteiger partial charge in [-0.2, -0.15) is 0 Å². The molecule has 1 amide bonds. The Labute approximate surface area is 171 Å². The smallest absolute Gasteiger partial charge is 0.227 e. The first kappa shape index (κ1) is 20.3. The fraction of sp³-hybridized carbons (Fsp3) is 0.476. The van der Waals surface area contributed by atoms with E-state index in [1.165, 1.54) is 10.4 Å². The van der Waals surface area contributed by atoms with Crippen molar-refractivity contribution in [1.82, 2.24) is 15.6 Å². The van der Waals surface area contributed by atoms with Gasteiger partial charge in [-0.25, -0.2) is 9.98 Å². The SMILES string of the molecule is CCNC(=NCc1nc(C)c(C)s1)NCCCC(=O)N1CCc2ccccc21. The number of hydrogen-bond donors (Lipinski definition) is 2. The molecule has 150 valence electrons. The van der Waals surface area contributed by atoms with Crippen LogP contribution >= 0.6 is 11.3 Å². The molecule has 0 aliphatic carbocycles. The number of aromatic nitrogens is 1. The average Bonchev–Trinajstić information content (AvgIpc) is 3.26. The second-order valence-electron chi connectivity index (χ2n) is 6.90. The van der Waals surface area contributed by atoms with Gasteiger partial charge in [0.05, 0.1) is 12.2 Å². The van der Waals surface area contributed by atoms with E-state index >= 15 is 0 Å². The summed E-state index contributed by atoms with van der Waals surface area (Å²) >= 11 is 1.69. The number of para-hydroxylation sites is 1. The van der Waals surface area contributed by atoms with Crippen molar-refractivity contribution < 1.29 is 4.79 Å². The second kappa shape index (κ2) is 9.68. The number of carbonyl (C=O) groups excluding carboxylic acids is 1. The minimum atomic E-state index is 0.197. The number of thiazole rings is 1. The van der Waals surface area contributed by atoms with Crippen molar-refractivity contribution in [1.29, 1.82) is 0 Å². The van der Waals surface area contributed by atoms with E-state index in [4.69, 9.17) is 0 Å². The maximum absolute atomic E-state index is 12.6. The number of guanidine groups is 1. The Morgan fingerprint density at radius 1 is 1.29 bits per heavy atom. The Bertz CT molecular complexity index is 826. The fourth-order valence-electron chi connectivity index (χ4n) is 3.27. The minimum absolute atomic E-state index is 0.197. The van der Waals surface area contributed by atoms with Crippen LogP contribution in [0.5, 0.6) is 0 Å². The van der Waals surface area contributed by atoms with Gasteiger partial charge in [-0.1, -0.05) is 18.2 Å². The summed E-state index contributed by atoms with van der Waals surface area (Å²) in [6, 6.07) is 8.18. The van der Waals surface area contributed by atoms with Crippen LogP contribution < -0.4 is 15.5 Å². The van der Waals surface area contributed by atoms with E-state index < -0.39 is 0 Å². The van der Waals surface area contributed by atoms with E-state index in [0.29, 0.717) is 19.5 Å². The fourth-order valence-corrected chi connectivity index (χ4v) is 4.13. The molecule has 2 aromatic rings. The van der Waals surface area contributed by atoms with Crippen LogP contribution in [0.25, 0.3) is 0 Å². The van der Waals surface area contributed by atoms with Crippen molar-refractivity contribution in [3.63, 3.8) is 0 Å². The highest BCUT2D eigenvalue weighted by atomic mass is 32.1. The van der Waals surface area contributed by atoms with Crippen LogP contribution in [0.3, 0.4) is 0 Å². The van der Waals surface area contributed by atoms with Crippen LogP contribution in [0.2, 0.25) is 0 Å². The molecule has 0 atom stereocenters. The second-order valence-corrected chi connectivity index (χ2v) is 8.19. The van der Waals surface area contributed by atoms with Crippen molar-refractivity contribution in [3.05, 3.63) is 45.4 Å². The predicted octanol–water partition coefficient (Wildman–Crippen LogP) is 3.18. The van der Waals surface area contributed by atoms with E-state index in [-0.39, 0.29) is 5.91 Å². The molecule has 7 heteroatoms. The molecule has 1 aromatic heterocycles. The first-order valence-electron chi connectivity index (χ1n) is 9.92. The Hall–Kier alpha value is -2.41. The summed E-state index contributed by atoms with van der Waals surface area (Å²) in [5, 5.41) is 7.60. The zero-order valence-corrected chi connectivity index (χ0v) is 17.7. The highest BCUT2D eigenvalue weighted by Gasteiger charge is 2.23. The van der Waals surface area contributed by atoms with Crippen LogP contribution in [0.15, 0.2) is 29.3 Å². The normalized spacial score (nSPS) is 13.5. The van der Waals surface area contributed by atoms with E-state index in [1.54, 1.807) is 11.3 Å². The van der Waals surface area contributed by atoms with Crippen molar-refractivity contribution in [3.8, 4) is 0 Å². The number of nitrogens with one attached hydrogen (secondary N) is 2. The van der Waals surface area contributed by atoms with Crippen molar-refractivity contribution >= 4 is 28.9 Å². The van der Waals surface area contributed by atoms with Crippen molar-refractivity contribution in [2.45, 2.75) is 46.6 Å². The molecule has 0 saturated heterocycles. The summed E-state index contributed by atoms with van der Waals surface area (Å²) < 4.78 is 0. The Kier molecular flexibility index (Phi) is 7.03. The summed E-state index contributed by atoms with van der Waals surface area (Å²) in [7, 11) is 0. The molecule has 3 rings (SSSR count). The summed E-state index contributed by atoms with van der Waals surface area (Å²) in [5.41, 5.74) is 3.42. The molecule has 1 aliphatic rings. The number of fused-ring (bicyclic) bond motifs is 1. The summed E-state index contributed by atoms with van der Waals surface area (Å²) in [6.07, 6.45) is 2.26. The highest BCUT2D eigenvalue weighted by molar-refractivity contribution is 7.11. The van der Waals surface area contributed by atoms with Gasteiger partial charge in [-0.15, -0.1) is 11.3 Å². The van der Waals surface area contributed by atoms with E-state index in [9.17, 15) is 4.79 Å². The van der Waals surface area contributed by atoms with Crippen LogP contribution in [-0.4, -0.2) is 36.5 Å². The minimum Gasteiger partial charge on any atom is -0.357 e. The number of hydrogen-bond acceptors (Lipinski definition) is 4. The molecular weight excluding hydrogens is 370 g/mol. The number of aryl methyl sites for hydroxylation is 2. The standard InChI is InChI=1S/C21H29N5OS/c1-4-22-21(24-14-19-25-15(2)16(3)28-19)23-12-7-10-20(27)26-13-11-17-8-5-6-9-18(17)26/h5-6,8-9H,4,7,10-14H2,1-3H3,(H2,22,23,24). The lowest BCUT2D eigenvalue weighted by Crippen LogP contribution is -2.38. The monoisotopic (exact) mass is 399 g/mol. The summed E-state index contributed by atoms with van der Waals surface area (Å²) in [4.78, 5) is 24.9. The van der Waals surface area contributed by atoms with Gasteiger partial charge in [0.25, 0.3) is 0 Å². The lowest BCUT2D eigenvalue weighted by Gasteiger charge is -2.17. The van der Waals surface area contributed by atoms with Gasteiger partial charge in [0.1, 0.15) is 5.01 Å². The Morgan fingerprint density at radius 2 is 2.11 bits per heavy atom.